The lowest BCUT2D eigenvalue weighted by atomic mass is 9.94. The van der Waals surface area contributed by atoms with Gasteiger partial charge in [-0.15, -0.1) is 11.3 Å². The molecule has 9 aromatic rings. The second kappa shape index (κ2) is 7.84. The minimum absolute atomic E-state index is 1.01. The summed E-state index contributed by atoms with van der Waals surface area (Å²) in [6.07, 6.45) is 1.01. The largest absolute Gasteiger partial charge is 0.309 e. The van der Waals surface area contributed by atoms with Crippen molar-refractivity contribution in [1.82, 2.24) is 4.57 Å². The quantitative estimate of drug-likeness (QED) is 0.196. The Balaban J connectivity index is 1.37. The van der Waals surface area contributed by atoms with E-state index in [1.165, 1.54) is 91.5 Å². The van der Waals surface area contributed by atoms with E-state index in [1.54, 1.807) is 0 Å². The number of rotatable bonds is 1. The topological polar surface area (TPSA) is 4.93 Å². The number of hydrogen-bond donors (Lipinski definition) is 0. The van der Waals surface area contributed by atoms with Crippen LogP contribution in [0.5, 0.6) is 0 Å². The van der Waals surface area contributed by atoms with Crippen molar-refractivity contribution in [2.45, 2.75) is 6.42 Å². The number of para-hydroxylation sites is 1. The van der Waals surface area contributed by atoms with Gasteiger partial charge in [0.05, 0.1) is 11.0 Å². The zero-order valence-corrected chi connectivity index (χ0v) is 23.0. The maximum Gasteiger partial charge on any atom is 0.0555 e. The highest BCUT2D eigenvalue weighted by atomic mass is 32.1. The Bertz CT molecular complexity index is 2560. The minimum atomic E-state index is 1.01. The van der Waals surface area contributed by atoms with Crippen LogP contribution in [-0.2, 0) is 6.42 Å². The molecule has 0 bridgehead atoms. The van der Waals surface area contributed by atoms with Crippen LogP contribution in [0.2, 0.25) is 0 Å². The van der Waals surface area contributed by atoms with E-state index in [4.69, 9.17) is 0 Å². The second-order valence-corrected chi connectivity index (χ2v) is 12.3. The Morgan fingerprint density at radius 2 is 1.29 bits per heavy atom. The standard InChI is InChI=1S/C39H23NS/c1-2-10-24-19-26(18-17-23(24)9-1)40-34-16-8-7-14-29(34)31-21-33-36(22-35(31)40)41-39-37-27-12-4-3-11-25(27)20-32(37)28-13-5-6-15-30(28)38(33)39/h1-19,21-22H,20H2. The van der Waals surface area contributed by atoms with Crippen LogP contribution < -0.4 is 0 Å². The van der Waals surface area contributed by atoms with Gasteiger partial charge in [0, 0.05) is 42.2 Å². The molecule has 0 saturated heterocycles. The van der Waals surface area contributed by atoms with Crippen molar-refractivity contribution >= 4 is 74.9 Å². The fourth-order valence-corrected chi connectivity index (χ4v) is 8.73. The summed E-state index contributed by atoms with van der Waals surface area (Å²) >= 11 is 1.96. The molecule has 1 aliphatic rings. The molecule has 0 amide bonds. The molecule has 190 valence electrons. The van der Waals surface area contributed by atoms with Crippen LogP contribution in [-0.4, -0.2) is 4.57 Å². The van der Waals surface area contributed by atoms with Gasteiger partial charge in [-0.05, 0) is 75.0 Å². The van der Waals surface area contributed by atoms with Gasteiger partial charge in [-0.25, -0.2) is 0 Å². The van der Waals surface area contributed by atoms with Gasteiger partial charge in [0.25, 0.3) is 0 Å². The van der Waals surface area contributed by atoms with Crippen LogP contribution >= 0.6 is 11.3 Å². The fraction of sp³-hybridized carbons (Fsp3) is 0.0256. The summed E-state index contributed by atoms with van der Waals surface area (Å²) in [5.74, 6) is 0. The molecule has 0 fully saturated rings. The number of aromatic nitrogens is 1. The van der Waals surface area contributed by atoms with E-state index in [0.717, 1.165) is 6.42 Å². The first-order valence-corrected chi connectivity index (χ1v) is 15.1. The summed E-state index contributed by atoms with van der Waals surface area (Å²) in [5.41, 5.74) is 9.49. The first kappa shape index (κ1) is 21.8. The van der Waals surface area contributed by atoms with Gasteiger partial charge in [0.2, 0.25) is 0 Å². The molecule has 2 aromatic heterocycles. The molecule has 41 heavy (non-hydrogen) atoms. The first-order valence-electron chi connectivity index (χ1n) is 14.2. The predicted molar refractivity (Wildman–Crippen MR) is 177 cm³/mol. The molecule has 0 radical (unpaired) electrons. The first-order chi connectivity index (χ1) is 20.3. The summed E-state index contributed by atoms with van der Waals surface area (Å²) in [6.45, 7) is 0. The van der Waals surface area contributed by atoms with Crippen LogP contribution in [0.25, 0.3) is 80.3 Å². The highest BCUT2D eigenvalue weighted by Crippen LogP contribution is 2.51. The highest BCUT2D eigenvalue weighted by Gasteiger charge is 2.26. The van der Waals surface area contributed by atoms with Gasteiger partial charge >= 0.3 is 0 Å². The van der Waals surface area contributed by atoms with Gasteiger partial charge in [-0.2, -0.15) is 0 Å². The average Bonchev–Trinajstić information content (AvgIpc) is 3.69. The maximum atomic E-state index is 2.48. The molecule has 0 unspecified atom stereocenters. The summed E-state index contributed by atoms with van der Waals surface area (Å²) in [4.78, 5) is 0. The van der Waals surface area contributed by atoms with Crippen molar-refractivity contribution in [2.75, 3.05) is 0 Å². The number of fused-ring (bicyclic) bond motifs is 14. The van der Waals surface area contributed by atoms with Crippen molar-refractivity contribution in [1.29, 1.82) is 0 Å². The van der Waals surface area contributed by atoms with Crippen molar-refractivity contribution in [3.05, 3.63) is 139 Å². The van der Waals surface area contributed by atoms with Crippen LogP contribution in [0.3, 0.4) is 0 Å². The highest BCUT2D eigenvalue weighted by molar-refractivity contribution is 7.26. The Labute approximate surface area is 240 Å². The van der Waals surface area contributed by atoms with Crippen LogP contribution in [0.4, 0.5) is 0 Å². The van der Waals surface area contributed by atoms with Gasteiger partial charge in [-0.1, -0.05) is 97.1 Å². The lowest BCUT2D eigenvalue weighted by molar-refractivity contribution is 1.19. The molecule has 2 heterocycles. The van der Waals surface area contributed by atoms with E-state index in [9.17, 15) is 0 Å². The third-order valence-corrected chi connectivity index (χ3v) is 10.3. The fourth-order valence-electron chi connectivity index (χ4n) is 7.41. The lowest BCUT2D eigenvalue weighted by Crippen LogP contribution is -1.93. The molecule has 10 rings (SSSR count). The van der Waals surface area contributed by atoms with E-state index in [1.807, 2.05) is 11.3 Å². The molecule has 0 saturated carbocycles. The average molecular weight is 538 g/mol. The minimum Gasteiger partial charge on any atom is -0.309 e. The van der Waals surface area contributed by atoms with Crippen molar-refractivity contribution in [2.24, 2.45) is 0 Å². The number of benzene rings is 7. The molecule has 1 aliphatic carbocycles. The van der Waals surface area contributed by atoms with Gasteiger partial charge in [0.15, 0.2) is 0 Å². The Morgan fingerprint density at radius 3 is 2.22 bits per heavy atom. The SMILES string of the molecule is c1ccc2c(c1)Cc1c-2c2sc3cc4c(cc3c2c2ccccc12)c1ccccc1n4-c1ccc2ccccc2c1. The molecule has 7 aromatic carbocycles. The third kappa shape index (κ3) is 2.85. The van der Waals surface area contributed by atoms with Crippen molar-refractivity contribution in [3.8, 4) is 16.8 Å². The van der Waals surface area contributed by atoms with E-state index in [-0.39, 0.29) is 0 Å². The van der Waals surface area contributed by atoms with Gasteiger partial charge < -0.3 is 4.57 Å². The van der Waals surface area contributed by atoms with Crippen molar-refractivity contribution in [3.63, 3.8) is 0 Å². The number of nitrogens with zero attached hydrogens (tertiary/aromatic N) is 1. The molecule has 1 nitrogen and oxygen atoms in total. The smallest absolute Gasteiger partial charge is 0.0555 e. The predicted octanol–water partition coefficient (Wildman–Crippen LogP) is 11.0. The zero-order chi connectivity index (χ0) is 26.7. The molecular formula is C39H23NS. The summed E-state index contributed by atoms with van der Waals surface area (Å²) in [5, 5.41) is 10.7. The van der Waals surface area contributed by atoms with E-state index in [2.05, 4.69) is 132 Å². The van der Waals surface area contributed by atoms with E-state index in [0.29, 0.717) is 0 Å². The number of thiophene rings is 1. The molecular weight excluding hydrogens is 515 g/mol. The zero-order valence-electron chi connectivity index (χ0n) is 22.2. The van der Waals surface area contributed by atoms with Gasteiger partial charge in [-0.3, -0.25) is 0 Å². The van der Waals surface area contributed by atoms with Gasteiger partial charge in [0.1, 0.15) is 0 Å². The molecule has 0 N–H and O–H groups in total. The Morgan fingerprint density at radius 1 is 0.537 bits per heavy atom. The molecule has 0 atom stereocenters. The van der Waals surface area contributed by atoms with Crippen LogP contribution in [0.1, 0.15) is 11.1 Å². The van der Waals surface area contributed by atoms with Crippen LogP contribution in [0, 0.1) is 0 Å². The third-order valence-electron chi connectivity index (χ3n) is 9.18. The molecule has 0 aliphatic heterocycles. The summed E-state index contributed by atoms with van der Waals surface area (Å²) < 4.78 is 5.23. The molecule has 2 heteroatoms. The van der Waals surface area contributed by atoms with Crippen LogP contribution in [0.15, 0.2) is 127 Å². The van der Waals surface area contributed by atoms with E-state index < -0.39 is 0 Å². The summed E-state index contributed by atoms with van der Waals surface area (Å²) in [7, 11) is 0. The summed E-state index contributed by atoms with van der Waals surface area (Å²) in [6, 6.07) is 47.3. The van der Waals surface area contributed by atoms with Crippen molar-refractivity contribution < 1.29 is 0 Å². The second-order valence-electron chi connectivity index (χ2n) is 11.3. The normalized spacial score (nSPS) is 12.8. The van der Waals surface area contributed by atoms with E-state index >= 15 is 0 Å². The monoisotopic (exact) mass is 537 g/mol. The molecule has 0 spiro atoms. The Hall–Kier alpha value is -4.92. The number of hydrogen-bond acceptors (Lipinski definition) is 1. The Kier molecular flexibility index (Phi) is 4.18. The maximum absolute atomic E-state index is 2.48. The lowest BCUT2D eigenvalue weighted by Gasteiger charge is -2.10.